The second kappa shape index (κ2) is 10.3. The molecule has 162 valence electrons. The fourth-order valence-electron chi connectivity index (χ4n) is 3.88. The highest BCUT2D eigenvalue weighted by molar-refractivity contribution is 7.92. The Balaban J connectivity index is 1.58. The van der Waals surface area contributed by atoms with Gasteiger partial charge >= 0.3 is 0 Å². The van der Waals surface area contributed by atoms with Crippen LogP contribution in [0.2, 0.25) is 5.02 Å². The average molecular weight is 449 g/mol. The van der Waals surface area contributed by atoms with Crippen molar-refractivity contribution in [2.75, 3.05) is 11.3 Å². The summed E-state index contributed by atoms with van der Waals surface area (Å²) >= 11 is 5.83. The van der Waals surface area contributed by atoms with Gasteiger partial charge in [0.25, 0.3) is 15.9 Å². The van der Waals surface area contributed by atoms with Gasteiger partial charge in [0, 0.05) is 17.1 Å². The molecule has 2 N–H and O–H groups in total. The van der Waals surface area contributed by atoms with Crippen LogP contribution in [0.1, 0.15) is 60.9 Å². The molecular formula is C23H29ClN2O3S. The van der Waals surface area contributed by atoms with E-state index in [-0.39, 0.29) is 10.8 Å². The maximum atomic E-state index is 12.6. The summed E-state index contributed by atoms with van der Waals surface area (Å²) in [6, 6.07) is 11.0. The summed E-state index contributed by atoms with van der Waals surface area (Å²) < 4.78 is 27.7. The van der Waals surface area contributed by atoms with Gasteiger partial charge in [0.05, 0.1) is 10.6 Å². The van der Waals surface area contributed by atoms with E-state index < -0.39 is 10.0 Å². The molecule has 0 spiro atoms. The number of aryl methyl sites for hydroxylation is 1. The topological polar surface area (TPSA) is 75.3 Å². The number of amides is 1. The summed E-state index contributed by atoms with van der Waals surface area (Å²) in [5.74, 6) is 0.581. The third kappa shape index (κ3) is 6.22. The van der Waals surface area contributed by atoms with Crippen LogP contribution < -0.4 is 10.0 Å². The number of rotatable bonds is 7. The van der Waals surface area contributed by atoms with Gasteiger partial charge in [-0.1, -0.05) is 50.1 Å². The Morgan fingerprint density at radius 1 is 1.03 bits per heavy atom. The lowest BCUT2D eigenvalue weighted by Gasteiger charge is -2.15. The lowest BCUT2D eigenvalue weighted by molar-refractivity contribution is 0.0951. The highest BCUT2D eigenvalue weighted by atomic mass is 35.5. The van der Waals surface area contributed by atoms with Crippen LogP contribution in [-0.2, 0) is 10.0 Å². The zero-order chi connectivity index (χ0) is 21.6. The largest absolute Gasteiger partial charge is 0.352 e. The van der Waals surface area contributed by atoms with Crippen molar-refractivity contribution in [2.24, 2.45) is 5.92 Å². The van der Waals surface area contributed by atoms with Gasteiger partial charge in [-0.05, 0) is 67.3 Å². The first-order valence-electron chi connectivity index (χ1n) is 10.5. The van der Waals surface area contributed by atoms with E-state index >= 15 is 0 Å². The predicted molar refractivity (Wildman–Crippen MR) is 122 cm³/mol. The Morgan fingerprint density at radius 3 is 2.33 bits per heavy atom. The molecule has 1 amide bonds. The maximum Gasteiger partial charge on any atom is 0.261 e. The molecule has 0 atom stereocenters. The molecule has 0 bridgehead atoms. The molecule has 0 unspecified atom stereocenters. The average Bonchev–Trinajstić information content (AvgIpc) is 2.98. The predicted octanol–water partition coefficient (Wildman–Crippen LogP) is 5.54. The van der Waals surface area contributed by atoms with Gasteiger partial charge in [-0.25, -0.2) is 8.42 Å². The molecular weight excluding hydrogens is 420 g/mol. The monoisotopic (exact) mass is 448 g/mol. The van der Waals surface area contributed by atoms with Crippen LogP contribution in [-0.4, -0.2) is 20.9 Å². The van der Waals surface area contributed by atoms with Crippen molar-refractivity contribution in [3.8, 4) is 0 Å². The Bertz CT molecular complexity index is 966. The minimum atomic E-state index is -3.72. The second-order valence-electron chi connectivity index (χ2n) is 7.99. The van der Waals surface area contributed by atoms with Crippen molar-refractivity contribution >= 4 is 33.2 Å². The molecule has 5 nitrogen and oxygen atoms in total. The Labute approximate surface area is 184 Å². The van der Waals surface area contributed by atoms with E-state index in [9.17, 15) is 13.2 Å². The molecule has 0 heterocycles. The molecule has 1 fully saturated rings. The van der Waals surface area contributed by atoms with Crippen molar-refractivity contribution in [3.05, 3.63) is 58.6 Å². The number of sulfonamides is 1. The van der Waals surface area contributed by atoms with Crippen LogP contribution in [0.5, 0.6) is 0 Å². The number of benzene rings is 2. The Hall–Kier alpha value is -2.05. The quantitative estimate of drug-likeness (QED) is 0.546. The molecule has 2 aromatic carbocycles. The number of carbonyl (C=O) groups is 1. The van der Waals surface area contributed by atoms with Gasteiger partial charge < -0.3 is 5.32 Å². The summed E-state index contributed by atoms with van der Waals surface area (Å²) in [5.41, 5.74) is 1.66. The smallest absolute Gasteiger partial charge is 0.261 e. The van der Waals surface area contributed by atoms with Gasteiger partial charge in [-0.3, -0.25) is 9.52 Å². The second-order valence-corrected chi connectivity index (χ2v) is 10.1. The fourth-order valence-corrected chi connectivity index (χ4v) is 5.14. The SMILES string of the molecule is Cc1cc(C(=O)NCCC2CCCCCC2)ccc1NS(=O)(=O)c1ccc(Cl)cc1. The first-order chi connectivity index (χ1) is 14.3. The highest BCUT2D eigenvalue weighted by Gasteiger charge is 2.17. The molecule has 0 saturated heterocycles. The Morgan fingerprint density at radius 2 is 1.70 bits per heavy atom. The third-order valence-corrected chi connectivity index (χ3v) is 7.30. The van der Waals surface area contributed by atoms with E-state index in [1.54, 1.807) is 25.1 Å². The molecule has 0 aromatic heterocycles. The van der Waals surface area contributed by atoms with E-state index in [4.69, 9.17) is 11.6 Å². The molecule has 0 radical (unpaired) electrons. The minimum Gasteiger partial charge on any atom is -0.352 e. The number of carbonyl (C=O) groups excluding carboxylic acids is 1. The highest BCUT2D eigenvalue weighted by Crippen LogP contribution is 2.25. The van der Waals surface area contributed by atoms with E-state index in [1.165, 1.54) is 62.8 Å². The Kier molecular flexibility index (Phi) is 7.78. The van der Waals surface area contributed by atoms with E-state index in [2.05, 4.69) is 10.0 Å². The van der Waals surface area contributed by atoms with Crippen LogP contribution in [0.15, 0.2) is 47.4 Å². The summed E-state index contributed by atoms with van der Waals surface area (Å²) in [5, 5.41) is 3.47. The fraction of sp³-hybridized carbons (Fsp3) is 0.435. The number of hydrogen-bond donors (Lipinski definition) is 2. The molecule has 2 aromatic rings. The zero-order valence-electron chi connectivity index (χ0n) is 17.3. The molecule has 3 rings (SSSR count). The summed E-state index contributed by atoms with van der Waals surface area (Å²) in [4.78, 5) is 12.6. The molecule has 1 aliphatic carbocycles. The maximum absolute atomic E-state index is 12.6. The number of hydrogen-bond acceptors (Lipinski definition) is 3. The number of nitrogens with one attached hydrogen (secondary N) is 2. The summed E-state index contributed by atoms with van der Waals surface area (Å²) in [6.07, 6.45) is 8.79. The lowest BCUT2D eigenvalue weighted by atomic mass is 9.97. The van der Waals surface area contributed by atoms with E-state index in [0.29, 0.717) is 34.3 Å². The standard InChI is InChI=1S/C23H29ClN2O3S/c1-17-16-19(23(27)25-15-14-18-6-4-2-3-5-7-18)8-13-22(17)26-30(28,29)21-11-9-20(24)10-12-21/h8-13,16,18,26H,2-7,14-15H2,1H3,(H,25,27). The van der Waals surface area contributed by atoms with Crippen LogP contribution in [0.3, 0.4) is 0 Å². The van der Waals surface area contributed by atoms with Gasteiger partial charge in [0.2, 0.25) is 0 Å². The van der Waals surface area contributed by atoms with Gasteiger partial charge in [-0.15, -0.1) is 0 Å². The molecule has 1 saturated carbocycles. The van der Waals surface area contributed by atoms with Crippen LogP contribution in [0, 0.1) is 12.8 Å². The normalized spacial score (nSPS) is 15.4. The molecule has 30 heavy (non-hydrogen) atoms. The van der Waals surface area contributed by atoms with Gasteiger partial charge in [0.1, 0.15) is 0 Å². The summed E-state index contributed by atoms with van der Waals surface area (Å²) in [7, 11) is -3.72. The first-order valence-corrected chi connectivity index (χ1v) is 12.4. The number of anilines is 1. The van der Waals surface area contributed by atoms with Crippen LogP contribution in [0.25, 0.3) is 0 Å². The summed E-state index contributed by atoms with van der Waals surface area (Å²) in [6.45, 7) is 2.45. The van der Waals surface area contributed by atoms with E-state index in [1.807, 2.05) is 0 Å². The number of halogens is 1. The lowest BCUT2D eigenvalue weighted by Crippen LogP contribution is -2.26. The van der Waals surface area contributed by atoms with Crippen molar-refractivity contribution in [2.45, 2.75) is 56.8 Å². The first kappa shape index (κ1) is 22.6. The van der Waals surface area contributed by atoms with E-state index in [0.717, 1.165) is 6.42 Å². The van der Waals surface area contributed by atoms with Crippen molar-refractivity contribution in [3.63, 3.8) is 0 Å². The molecule has 7 heteroatoms. The molecule has 0 aliphatic heterocycles. The van der Waals surface area contributed by atoms with Gasteiger partial charge in [0.15, 0.2) is 0 Å². The van der Waals surface area contributed by atoms with Crippen molar-refractivity contribution in [1.29, 1.82) is 0 Å². The zero-order valence-corrected chi connectivity index (χ0v) is 18.9. The minimum absolute atomic E-state index is 0.126. The van der Waals surface area contributed by atoms with Gasteiger partial charge in [-0.2, -0.15) is 0 Å². The third-order valence-electron chi connectivity index (χ3n) is 5.67. The van der Waals surface area contributed by atoms with Crippen LogP contribution in [0.4, 0.5) is 5.69 Å². The molecule has 1 aliphatic rings. The van der Waals surface area contributed by atoms with Crippen molar-refractivity contribution in [1.82, 2.24) is 5.32 Å². The van der Waals surface area contributed by atoms with Crippen LogP contribution >= 0.6 is 11.6 Å². The van der Waals surface area contributed by atoms with Crippen molar-refractivity contribution < 1.29 is 13.2 Å².